The van der Waals surface area contributed by atoms with E-state index in [2.05, 4.69) is 12.1 Å². The fourth-order valence-corrected chi connectivity index (χ4v) is 3.22. The first-order valence-corrected chi connectivity index (χ1v) is 8.41. The van der Waals surface area contributed by atoms with E-state index in [4.69, 9.17) is 9.47 Å². The van der Waals surface area contributed by atoms with Gasteiger partial charge in [-0.25, -0.2) is 9.59 Å². The molecule has 1 aliphatic rings. The van der Waals surface area contributed by atoms with Crippen LogP contribution in [0.2, 0.25) is 0 Å². The SMILES string of the molecule is COC(=O)/C=C(/C(=O)OC)N1[C@H](c2ccccc2)[C@@H]1Cc1ccccc1. The summed E-state index contributed by atoms with van der Waals surface area (Å²) in [5.74, 6) is -1.13. The largest absolute Gasteiger partial charge is 0.466 e. The van der Waals surface area contributed by atoms with Gasteiger partial charge in [-0.1, -0.05) is 60.7 Å². The van der Waals surface area contributed by atoms with Gasteiger partial charge in [0.1, 0.15) is 5.70 Å². The number of esters is 2. The number of hydrogen-bond acceptors (Lipinski definition) is 5. The fraction of sp³-hybridized carbons (Fsp3) is 0.238. The van der Waals surface area contributed by atoms with Gasteiger partial charge in [0.25, 0.3) is 0 Å². The molecule has 26 heavy (non-hydrogen) atoms. The molecule has 0 unspecified atom stereocenters. The maximum absolute atomic E-state index is 12.3. The van der Waals surface area contributed by atoms with Gasteiger partial charge in [0, 0.05) is 0 Å². The third-order valence-corrected chi connectivity index (χ3v) is 4.49. The smallest absolute Gasteiger partial charge is 0.354 e. The lowest BCUT2D eigenvalue weighted by Crippen LogP contribution is -2.17. The highest BCUT2D eigenvalue weighted by Gasteiger charge is 2.51. The summed E-state index contributed by atoms with van der Waals surface area (Å²) in [4.78, 5) is 26.0. The Morgan fingerprint density at radius 2 is 1.58 bits per heavy atom. The predicted molar refractivity (Wildman–Crippen MR) is 97.1 cm³/mol. The van der Waals surface area contributed by atoms with E-state index in [0.717, 1.165) is 12.0 Å². The van der Waals surface area contributed by atoms with Crippen molar-refractivity contribution in [1.82, 2.24) is 4.90 Å². The average molecular weight is 351 g/mol. The first-order valence-electron chi connectivity index (χ1n) is 8.41. The van der Waals surface area contributed by atoms with Crippen LogP contribution >= 0.6 is 0 Å². The highest BCUT2D eigenvalue weighted by atomic mass is 16.5. The van der Waals surface area contributed by atoms with Crippen LogP contribution in [0.15, 0.2) is 72.4 Å². The van der Waals surface area contributed by atoms with E-state index in [-0.39, 0.29) is 17.8 Å². The zero-order valence-electron chi connectivity index (χ0n) is 14.8. The molecule has 5 nitrogen and oxygen atoms in total. The summed E-state index contributed by atoms with van der Waals surface area (Å²) in [6.45, 7) is 0. The third kappa shape index (κ3) is 3.77. The van der Waals surface area contributed by atoms with Gasteiger partial charge in [-0.05, 0) is 17.5 Å². The number of methoxy groups -OCH3 is 2. The molecular weight excluding hydrogens is 330 g/mol. The maximum atomic E-state index is 12.3. The van der Waals surface area contributed by atoms with E-state index in [1.54, 1.807) is 0 Å². The van der Waals surface area contributed by atoms with Gasteiger partial charge in [-0.15, -0.1) is 0 Å². The molecule has 0 saturated carbocycles. The Hall–Kier alpha value is -3.08. The lowest BCUT2D eigenvalue weighted by molar-refractivity contribution is -0.139. The van der Waals surface area contributed by atoms with E-state index in [0.29, 0.717) is 0 Å². The zero-order chi connectivity index (χ0) is 18.5. The normalized spacial score (nSPS) is 19.0. The van der Waals surface area contributed by atoms with Crippen molar-refractivity contribution in [3.05, 3.63) is 83.6 Å². The molecule has 1 heterocycles. The molecule has 0 bridgehead atoms. The number of carbonyl (C=O) groups excluding carboxylic acids is 2. The number of carbonyl (C=O) groups is 2. The highest BCUT2D eigenvalue weighted by Crippen LogP contribution is 2.48. The minimum absolute atomic E-state index is 0.00594. The van der Waals surface area contributed by atoms with Crippen LogP contribution in [0.5, 0.6) is 0 Å². The molecule has 0 N–H and O–H groups in total. The monoisotopic (exact) mass is 351 g/mol. The van der Waals surface area contributed by atoms with E-state index < -0.39 is 11.9 Å². The molecule has 0 amide bonds. The van der Waals surface area contributed by atoms with Crippen molar-refractivity contribution in [3.8, 4) is 0 Å². The van der Waals surface area contributed by atoms with Crippen molar-refractivity contribution >= 4 is 11.9 Å². The van der Waals surface area contributed by atoms with E-state index >= 15 is 0 Å². The quantitative estimate of drug-likeness (QED) is 0.455. The minimum Gasteiger partial charge on any atom is -0.466 e. The van der Waals surface area contributed by atoms with E-state index in [9.17, 15) is 9.59 Å². The predicted octanol–water partition coefficient (Wildman–Crippen LogP) is 2.88. The van der Waals surface area contributed by atoms with E-state index in [1.807, 2.05) is 53.4 Å². The number of rotatable bonds is 6. The molecule has 0 spiro atoms. The van der Waals surface area contributed by atoms with Crippen LogP contribution in [-0.2, 0) is 25.5 Å². The van der Waals surface area contributed by atoms with Gasteiger partial charge in [0.2, 0.25) is 0 Å². The molecule has 0 aliphatic carbocycles. The number of nitrogens with zero attached hydrogens (tertiary/aromatic N) is 1. The first-order chi connectivity index (χ1) is 12.7. The molecule has 134 valence electrons. The summed E-state index contributed by atoms with van der Waals surface area (Å²) in [5, 5.41) is 0. The number of ether oxygens (including phenoxy) is 2. The number of benzene rings is 2. The standard InChI is InChI=1S/C21H21NO4/c1-25-19(23)14-18(21(24)26-2)22-17(13-15-9-5-3-6-10-15)20(22)16-11-7-4-8-12-16/h3-12,14,17,20H,13H2,1-2H3/b18-14-/t17-,20+,22?/m0/s1. The summed E-state index contributed by atoms with van der Waals surface area (Å²) < 4.78 is 9.58. The highest BCUT2D eigenvalue weighted by molar-refractivity contribution is 5.96. The summed E-state index contributed by atoms with van der Waals surface area (Å²) >= 11 is 0. The van der Waals surface area contributed by atoms with Crippen molar-refractivity contribution in [2.24, 2.45) is 0 Å². The minimum atomic E-state index is -0.581. The molecule has 2 atom stereocenters. The van der Waals surface area contributed by atoms with Crippen LogP contribution in [0.4, 0.5) is 0 Å². The molecule has 5 heteroatoms. The third-order valence-electron chi connectivity index (χ3n) is 4.49. The Morgan fingerprint density at radius 3 is 2.15 bits per heavy atom. The second-order valence-electron chi connectivity index (χ2n) is 6.06. The zero-order valence-corrected chi connectivity index (χ0v) is 14.8. The Labute approximate surface area is 152 Å². The van der Waals surface area contributed by atoms with Gasteiger partial charge in [-0.2, -0.15) is 0 Å². The van der Waals surface area contributed by atoms with Crippen molar-refractivity contribution in [2.75, 3.05) is 14.2 Å². The molecule has 1 saturated heterocycles. The molecule has 0 aromatic heterocycles. The van der Waals surface area contributed by atoms with Crippen LogP contribution in [0.25, 0.3) is 0 Å². The maximum Gasteiger partial charge on any atom is 0.354 e. The molecule has 2 aromatic carbocycles. The Morgan fingerprint density at radius 1 is 0.962 bits per heavy atom. The molecule has 2 aromatic rings. The summed E-state index contributed by atoms with van der Waals surface area (Å²) in [6.07, 6.45) is 1.96. The van der Waals surface area contributed by atoms with Gasteiger partial charge in [-0.3, -0.25) is 0 Å². The second-order valence-corrected chi connectivity index (χ2v) is 6.06. The van der Waals surface area contributed by atoms with Gasteiger partial charge >= 0.3 is 11.9 Å². The molecule has 3 rings (SSSR count). The van der Waals surface area contributed by atoms with Crippen LogP contribution in [0.1, 0.15) is 17.2 Å². The van der Waals surface area contributed by atoms with Gasteiger partial charge in [0.15, 0.2) is 0 Å². The fourth-order valence-electron chi connectivity index (χ4n) is 3.22. The van der Waals surface area contributed by atoms with Crippen molar-refractivity contribution in [2.45, 2.75) is 18.5 Å². The van der Waals surface area contributed by atoms with Crippen LogP contribution in [0, 0.1) is 0 Å². The molecule has 1 aliphatic heterocycles. The molecular formula is C21H21NO4. The van der Waals surface area contributed by atoms with Crippen LogP contribution in [0.3, 0.4) is 0 Å². The molecule has 1 fully saturated rings. The topological polar surface area (TPSA) is 55.6 Å². The first kappa shape index (κ1) is 17.7. The van der Waals surface area contributed by atoms with Crippen LogP contribution < -0.4 is 0 Å². The Kier molecular flexibility index (Phi) is 5.37. The van der Waals surface area contributed by atoms with E-state index in [1.165, 1.54) is 25.9 Å². The Balaban J connectivity index is 1.93. The van der Waals surface area contributed by atoms with Gasteiger partial charge in [0.05, 0.1) is 32.4 Å². The summed E-state index contributed by atoms with van der Waals surface area (Å²) in [6, 6.07) is 20.1. The van der Waals surface area contributed by atoms with Gasteiger partial charge < -0.3 is 14.4 Å². The average Bonchev–Trinajstić information content (AvgIpc) is 3.39. The van der Waals surface area contributed by atoms with Crippen molar-refractivity contribution in [3.63, 3.8) is 0 Å². The van der Waals surface area contributed by atoms with Crippen molar-refractivity contribution < 1.29 is 19.1 Å². The second kappa shape index (κ2) is 7.87. The van der Waals surface area contributed by atoms with Crippen LogP contribution in [-0.4, -0.2) is 37.1 Å². The number of hydrogen-bond donors (Lipinski definition) is 0. The summed E-state index contributed by atoms with van der Waals surface area (Å²) in [5.41, 5.74) is 2.48. The molecule has 0 radical (unpaired) electrons. The lowest BCUT2D eigenvalue weighted by Gasteiger charge is -2.10. The lowest BCUT2D eigenvalue weighted by atomic mass is 10.0. The van der Waals surface area contributed by atoms with Crippen molar-refractivity contribution in [1.29, 1.82) is 0 Å². The summed E-state index contributed by atoms with van der Waals surface area (Å²) in [7, 11) is 2.59. The Bertz CT molecular complexity index is 801.